The molecule has 0 bridgehead atoms. The number of hydrogen-bond acceptors (Lipinski definition) is 3. The minimum atomic E-state index is 0.321. The second kappa shape index (κ2) is 9.66. The van der Waals surface area contributed by atoms with E-state index in [0.29, 0.717) is 17.5 Å². The van der Waals surface area contributed by atoms with Crippen molar-refractivity contribution in [3.63, 3.8) is 0 Å². The summed E-state index contributed by atoms with van der Waals surface area (Å²) >= 11 is 9.40. The number of nitrogens with zero attached hydrogens (tertiary/aromatic N) is 2. The summed E-state index contributed by atoms with van der Waals surface area (Å²) in [6.07, 6.45) is 8.66. The van der Waals surface area contributed by atoms with Crippen LogP contribution in [0.15, 0.2) is 54.0 Å². The van der Waals surface area contributed by atoms with E-state index in [-0.39, 0.29) is 0 Å². The van der Waals surface area contributed by atoms with Crippen LogP contribution in [0.3, 0.4) is 0 Å². The number of ether oxygens (including phenoxy) is 1. The third kappa shape index (κ3) is 4.76. The summed E-state index contributed by atoms with van der Waals surface area (Å²) in [5.74, 6) is 0. The van der Waals surface area contributed by atoms with E-state index in [1.807, 2.05) is 12.2 Å². The van der Waals surface area contributed by atoms with Crippen LogP contribution in [-0.2, 0) is 4.74 Å². The fourth-order valence-corrected chi connectivity index (χ4v) is 5.32. The molecule has 28 heavy (non-hydrogen) atoms. The molecule has 1 spiro atoms. The largest absolute Gasteiger partial charge is 0.381 e. The maximum atomic E-state index is 5.89. The van der Waals surface area contributed by atoms with E-state index in [0.717, 1.165) is 54.2 Å². The van der Waals surface area contributed by atoms with Crippen molar-refractivity contribution in [3.8, 4) is 0 Å². The summed E-state index contributed by atoms with van der Waals surface area (Å²) in [6, 6.07) is 9.09. The number of likely N-dealkylation sites (N-methyl/N-ethyl adjacent to an activating group) is 1. The Morgan fingerprint density at radius 1 is 1.21 bits per heavy atom. The van der Waals surface area contributed by atoms with Crippen LogP contribution in [0.2, 0.25) is 0 Å². The topological polar surface area (TPSA) is 15.7 Å². The SMILES string of the molecule is C=CCN(CC=C)[C@H]1C[C@@]2(CCOC2)CC[C@@H]1N(C)C(=S)c1ccc(Br)cc1. The molecule has 0 amide bonds. The second-order valence-electron chi connectivity index (χ2n) is 8.13. The summed E-state index contributed by atoms with van der Waals surface area (Å²) in [5.41, 5.74) is 1.42. The summed E-state index contributed by atoms with van der Waals surface area (Å²) in [5, 5.41) is 0. The number of halogens is 1. The molecule has 0 aromatic heterocycles. The smallest absolute Gasteiger partial charge is 0.109 e. The molecular weight excluding hydrogens is 432 g/mol. The summed E-state index contributed by atoms with van der Waals surface area (Å²) in [4.78, 5) is 5.74. The second-order valence-corrected chi connectivity index (χ2v) is 9.44. The van der Waals surface area contributed by atoms with Gasteiger partial charge < -0.3 is 9.64 Å². The molecule has 1 saturated heterocycles. The Labute approximate surface area is 183 Å². The van der Waals surface area contributed by atoms with Crippen molar-refractivity contribution < 1.29 is 4.74 Å². The normalized spacial score (nSPS) is 27.1. The van der Waals surface area contributed by atoms with E-state index >= 15 is 0 Å². The van der Waals surface area contributed by atoms with Gasteiger partial charge in [-0.15, -0.1) is 13.2 Å². The van der Waals surface area contributed by atoms with E-state index in [2.05, 4.69) is 70.2 Å². The highest BCUT2D eigenvalue weighted by Crippen LogP contribution is 2.45. The molecule has 0 unspecified atom stereocenters. The van der Waals surface area contributed by atoms with Gasteiger partial charge in [-0.2, -0.15) is 0 Å². The van der Waals surface area contributed by atoms with Gasteiger partial charge in [0.25, 0.3) is 0 Å². The van der Waals surface area contributed by atoms with Crippen LogP contribution < -0.4 is 0 Å². The molecule has 5 heteroatoms. The maximum Gasteiger partial charge on any atom is 0.109 e. The zero-order valence-corrected chi connectivity index (χ0v) is 19.2. The quantitative estimate of drug-likeness (QED) is 0.415. The Hall–Kier alpha value is -1.01. The number of thiocarbonyl (C=S) groups is 1. The highest BCUT2D eigenvalue weighted by atomic mass is 79.9. The van der Waals surface area contributed by atoms with Crippen LogP contribution >= 0.6 is 28.1 Å². The molecule has 3 atom stereocenters. The van der Waals surface area contributed by atoms with Gasteiger partial charge in [0, 0.05) is 48.9 Å². The Morgan fingerprint density at radius 2 is 1.89 bits per heavy atom. The van der Waals surface area contributed by atoms with E-state index < -0.39 is 0 Å². The summed E-state index contributed by atoms with van der Waals surface area (Å²) < 4.78 is 6.88. The third-order valence-electron chi connectivity index (χ3n) is 6.35. The first-order chi connectivity index (χ1) is 13.5. The first-order valence-electron chi connectivity index (χ1n) is 10.1. The molecular formula is C23H31BrN2OS. The lowest BCUT2D eigenvalue weighted by Gasteiger charge is -2.49. The Balaban J connectivity index is 1.84. The van der Waals surface area contributed by atoms with Gasteiger partial charge in [0.15, 0.2) is 0 Å². The van der Waals surface area contributed by atoms with Crippen molar-refractivity contribution in [2.75, 3.05) is 33.4 Å². The average molecular weight is 463 g/mol. The fourth-order valence-electron chi connectivity index (χ4n) is 4.78. The van der Waals surface area contributed by atoms with Crippen LogP contribution in [0.5, 0.6) is 0 Å². The van der Waals surface area contributed by atoms with Crippen molar-refractivity contribution in [1.29, 1.82) is 0 Å². The fraction of sp³-hybridized carbons (Fsp3) is 0.522. The molecule has 1 aliphatic heterocycles. The minimum Gasteiger partial charge on any atom is -0.381 e. The Bertz CT molecular complexity index is 689. The van der Waals surface area contributed by atoms with E-state index in [9.17, 15) is 0 Å². The lowest BCUT2D eigenvalue weighted by molar-refractivity contribution is 0.0281. The molecule has 1 saturated carbocycles. The Morgan fingerprint density at radius 3 is 2.46 bits per heavy atom. The van der Waals surface area contributed by atoms with Gasteiger partial charge in [-0.3, -0.25) is 4.90 Å². The molecule has 2 aliphatic rings. The van der Waals surface area contributed by atoms with Crippen LogP contribution in [0, 0.1) is 5.41 Å². The van der Waals surface area contributed by atoms with Crippen molar-refractivity contribution in [3.05, 3.63) is 59.6 Å². The number of benzene rings is 1. The first kappa shape index (κ1) is 21.7. The highest BCUT2D eigenvalue weighted by Gasteiger charge is 2.46. The predicted molar refractivity (Wildman–Crippen MR) is 125 cm³/mol. The molecule has 2 fully saturated rings. The third-order valence-corrected chi connectivity index (χ3v) is 7.40. The Kier molecular flexibility index (Phi) is 7.48. The molecule has 1 aliphatic carbocycles. The zero-order chi connectivity index (χ0) is 20.1. The van der Waals surface area contributed by atoms with Crippen molar-refractivity contribution >= 4 is 33.1 Å². The molecule has 1 aromatic rings. The maximum absolute atomic E-state index is 5.89. The van der Waals surface area contributed by atoms with Crippen molar-refractivity contribution in [2.45, 2.75) is 37.8 Å². The van der Waals surface area contributed by atoms with Gasteiger partial charge in [0.1, 0.15) is 4.99 Å². The van der Waals surface area contributed by atoms with Crippen molar-refractivity contribution in [1.82, 2.24) is 9.80 Å². The molecule has 1 aromatic carbocycles. The zero-order valence-electron chi connectivity index (χ0n) is 16.8. The lowest BCUT2D eigenvalue weighted by Crippen LogP contribution is -2.57. The van der Waals surface area contributed by atoms with Gasteiger partial charge >= 0.3 is 0 Å². The van der Waals surface area contributed by atoms with Gasteiger partial charge in [-0.25, -0.2) is 0 Å². The van der Waals surface area contributed by atoms with Crippen LogP contribution in [0.25, 0.3) is 0 Å². The molecule has 1 heterocycles. The first-order valence-corrected chi connectivity index (χ1v) is 11.3. The predicted octanol–water partition coefficient (Wildman–Crippen LogP) is 5.06. The molecule has 3 rings (SSSR count). The van der Waals surface area contributed by atoms with Gasteiger partial charge in [0.05, 0.1) is 6.61 Å². The molecule has 0 radical (unpaired) electrons. The molecule has 3 nitrogen and oxygen atoms in total. The highest BCUT2D eigenvalue weighted by molar-refractivity contribution is 9.10. The standard InChI is InChI=1S/C23H31BrN2OS/c1-4-13-26(14-5-2)21-16-23(12-15-27-17-23)11-10-20(21)25(3)22(28)18-6-8-19(24)9-7-18/h4-9,20-21H,1-2,10-17H2,3H3/t20-,21-,23-/m0/s1. The lowest BCUT2D eigenvalue weighted by atomic mass is 9.69. The van der Waals surface area contributed by atoms with Crippen LogP contribution in [0.4, 0.5) is 0 Å². The van der Waals surface area contributed by atoms with E-state index in [4.69, 9.17) is 17.0 Å². The van der Waals surface area contributed by atoms with Crippen molar-refractivity contribution in [2.24, 2.45) is 5.41 Å². The minimum absolute atomic E-state index is 0.321. The summed E-state index contributed by atoms with van der Waals surface area (Å²) in [6.45, 7) is 11.5. The molecule has 152 valence electrons. The van der Waals surface area contributed by atoms with Gasteiger partial charge in [0.2, 0.25) is 0 Å². The monoisotopic (exact) mass is 462 g/mol. The molecule has 0 N–H and O–H groups in total. The van der Waals surface area contributed by atoms with Gasteiger partial charge in [-0.05, 0) is 43.2 Å². The summed E-state index contributed by atoms with van der Waals surface area (Å²) in [7, 11) is 2.16. The average Bonchev–Trinajstić information content (AvgIpc) is 3.15. The van der Waals surface area contributed by atoms with Gasteiger partial charge in [-0.1, -0.05) is 52.4 Å². The van der Waals surface area contributed by atoms with E-state index in [1.165, 1.54) is 12.8 Å². The van der Waals surface area contributed by atoms with Crippen LogP contribution in [-0.4, -0.2) is 60.2 Å². The van der Waals surface area contributed by atoms with E-state index in [1.54, 1.807) is 0 Å². The van der Waals surface area contributed by atoms with Crippen LogP contribution in [0.1, 0.15) is 31.2 Å². The number of rotatable bonds is 7. The number of hydrogen-bond donors (Lipinski definition) is 0.